The van der Waals surface area contributed by atoms with Crippen LogP contribution in [0.5, 0.6) is 0 Å². The Labute approximate surface area is 104 Å². The maximum atomic E-state index is 13.1. The summed E-state index contributed by atoms with van der Waals surface area (Å²) in [4.78, 5) is 9.19. The number of hydrogen-bond acceptors (Lipinski definition) is 2. The molecule has 90 valence electrons. The number of H-pyrrole nitrogens is 1. The van der Waals surface area contributed by atoms with Crippen molar-refractivity contribution in [2.24, 2.45) is 0 Å². The molecule has 0 unspecified atom stereocenters. The van der Waals surface area contributed by atoms with Crippen LogP contribution in [-0.2, 0) is 13.1 Å². The molecular weight excluding hydrogens is 241 g/mol. The van der Waals surface area contributed by atoms with Crippen molar-refractivity contribution in [1.82, 2.24) is 14.9 Å². The van der Waals surface area contributed by atoms with Gasteiger partial charge in [-0.1, -0.05) is 11.6 Å². The highest BCUT2D eigenvalue weighted by atomic mass is 35.5. The van der Waals surface area contributed by atoms with Crippen LogP contribution >= 0.6 is 11.6 Å². The number of aromatic nitrogens is 2. The lowest BCUT2D eigenvalue weighted by molar-refractivity contribution is 0.311. The minimum absolute atomic E-state index is 0.307. The molecule has 1 N–H and O–H groups in total. The van der Waals surface area contributed by atoms with Crippen molar-refractivity contribution < 1.29 is 4.39 Å². The van der Waals surface area contributed by atoms with E-state index >= 15 is 0 Å². The van der Waals surface area contributed by atoms with Gasteiger partial charge in [-0.15, -0.1) is 0 Å². The Kier molecular flexibility index (Phi) is 3.76. The molecule has 0 aliphatic rings. The molecule has 5 heteroatoms. The summed E-state index contributed by atoms with van der Waals surface area (Å²) in [6.45, 7) is 1.30. The zero-order chi connectivity index (χ0) is 12.3. The van der Waals surface area contributed by atoms with E-state index in [1.54, 1.807) is 18.5 Å². The minimum Gasteiger partial charge on any atom is -0.348 e. The second kappa shape index (κ2) is 5.29. The zero-order valence-electron chi connectivity index (χ0n) is 9.45. The summed E-state index contributed by atoms with van der Waals surface area (Å²) in [7, 11) is 1.95. The third kappa shape index (κ3) is 3.54. The molecule has 0 aliphatic carbocycles. The highest BCUT2D eigenvalue weighted by molar-refractivity contribution is 6.30. The lowest BCUT2D eigenvalue weighted by Crippen LogP contribution is -2.18. The third-order valence-corrected chi connectivity index (χ3v) is 2.57. The van der Waals surface area contributed by atoms with Gasteiger partial charge in [-0.05, 0) is 30.8 Å². The molecule has 0 saturated heterocycles. The van der Waals surface area contributed by atoms with E-state index in [0.29, 0.717) is 18.1 Å². The monoisotopic (exact) mass is 253 g/mol. The van der Waals surface area contributed by atoms with Gasteiger partial charge < -0.3 is 4.98 Å². The summed E-state index contributed by atoms with van der Waals surface area (Å²) < 4.78 is 13.1. The molecule has 1 aromatic heterocycles. The Morgan fingerprint density at radius 2 is 2.18 bits per heavy atom. The number of imidazole rings is 1. The topological polar surface area (TPSA) is 31.9 Å². The summed E-state index contributed by atoms with van der Waals surface area (Å²) in [5.41, 5.74) is 0.851. The Bertz CT molecular complexity index is 464. The van der Waals surface area contributed by atoms with Crippen molar-refractivity contribution in [3.05, 3.63) is 52.8 Å². The number of aromatic amines is 1. The lowest BCUT2D eigenvalue weighted by Gasteiger charge is -2.15. The molecular formula is C12H13ClFN3. The fourth-order valence-corrected chi connectivity index (χ4v) is 1.95. The smallest absolute Gasteiger partial charge is 0.125 e. The summed E-state index contributed by atoms with van der Waals surface area (Å²) in [5, 5.41) is 0.423. The molecule has 3 nitrogen and oxygen atoms in total. The quantitative estimate of drug-likeness (QED) is 0.909. The summed E-state index contributed by atoms with van der Waals surface area (Å²) >= 11 is 5.80. The van der Waals surface area contributed by atoms with E-state index in [1.807, 2.05) is 11.9 Å². The van der Waals surface area contributed by atoms with Crippen molar-refractivity contribution in [1.29, 1.82) is 0 Å². The molecule has 1 aromatic carbocycles. The number of rotatable bonds is 4. The zero-order valence-corrected chi connectivity index (χ0v) is 10.2. The van der Waals surface area contributed by atoms with E-state index in [0.717, 1.165) is 11.4 Å². The van der Waals surface area contributed by atoms with Crippen LogP contribution in [0.15, 0.2) is 30.6 Å². The van der Waals surface area contributed by atoms with Gasteiger partial charge in [0.2, 0.25) is 0 Å². The van der Waals surface area contributed by atoms with E-state index in [1.165, 1.54) is 12.1 Å². The minimum atomic E-state index is -0.307. The van der Waals surface area contributed by atoms with Crippen molar-refractivity contribution in [2.75, 3.05) is 7.05 Å². The Morgan fingerprint density at radius 1 is 1.35 bits per heavy atom. The molecule has 2 aromatic rings. The maximum absolute atomic E-state index is 13.1. The fraction of sp³-hybridized carbons (Fsp3) is 0.250. The van der Waals surface area contributed by atoms with Gasteiger partial charge in [0.05, 0.1) is 6.54 Å². The predicted molar refractivity (Wildman–Crippen MR) is 65.2 cm³/mol. The van der Waals surface area contributed by atoms with Gasteiger partial charge in [0, 0.05) is 24.0 Å². The first-order valence-corrected chi connectivity index (χ1v) is 5.63. The van der Waals surface area contributed by atoms with Crippen molar-refractivity contribution in [2.45, 2.75) is 13.1 Å². The van der Waals surface area contributed by atoms with E-state index < -0.39 is 0 Å². The Morgan fingerprint density at radius 3 is 2.82 bits per heavy atom. The second-order valence-electron chi connectivity index (χ2n) is 3.99. The van der Waals surface area contributed by atoms with Gasteiger partial charge in [-0.25, -0.2) is 9.37 Å². The summed E-state index contributed by atoms with van der Waals surface area (Å²) in [6.07, 6.45) is 3.49. The molecule has 0 radical (unpaired) electrons. The van der Waals surface area contributed by atoms with Gasteiger partial charge in [-0.3, -0.25) is 4.90 Å². The average Bonchev–Trinajstić information content (AvgIpc) is 2.67. The van der Waals surface area contributed by atoms with Crippen LogP contribution in [0.25, 0.3) is 0 Å². The van der Waals surface area contributed by atoms with E-state index in [9.17, 15) is 4.39 Å². The lowest BCUT2D eigenvalue weighted by atomic mass is 10.2. The average molecular weight is 254 g/mol. The fourth-order valence-electron chi connectivity index (χ4n) is 1.71. The van der Waals surface area contributed by atoms with Crippen LogP contribution in [0.4, 0.5) is 4.39 Å². The summed E-state index contributed by atoms with van der Waals surface area (Å²) in [6, 6.07) is 4.56. The van der Waals surface area contributed by atoms with Crippen LogP contribution in [0.1, 0.15) is 11.4 Å². The predicted octanol–water partition coefficient (Wildman–Crippen LogP) is 2.83. The standard InChI is InChI=1S/C12H13ClFN3/c1-17(8-12-15-2-3-16-12)7-9-4-10(13)6-11(14)5-9/h2-6H,7-8H2,1H3,(H,15,16). The van der Waals surface area contributed by atoms with E-state index in [2.05, 4.69) is 9.97 Å². The van der Waals surface area contributed by atoms with Crippen molar-refractivity contribution in [3.8, 4) is 0 Å². The normalized spacial score (nSPS) is 11.1. The molecule has 0 bridgehead atoms. The van der Waals surface area contributed by atoms with Crippen LogP contribution in [-0.4, -0.2) is 21.9 Å². The Hall–Kier alpha value is -1.39. The molecule has 0 saturated carbocycles. The highest BCUT2D eigenvalue weighted by Gasteiger charge is 2.05. The van der Waals surface area contributed by atoms with Crippen LogP contribution in [0.3, 0.4) is 0 Å². The van der Waals surface area contributed by atoms with E-state index in [-0.39, 0.29) is 5.82 Å². The first-order chi connectivity index (χ1) is 8.13. The van der Waals surface area contributed by atoms with Gasteiger partial charge >= 0.3 is 0 Å². The number of hydrogen-bond donors (Lipinski definition) is 1. The van der Waals surface area contributed by atoms with Gasteiger partial charge in [0.1, 0.15) is 11.6 Å². The van der Waals surface area contributed by atoms with E-state index in [4.69, 9.17) is 11.6 Å². The van der Waals surface area contributed by atoms with Crippen LogP contribution in [0.2, 0.25) is 5.02 Å². The van der Waals surface area contributed by atoms with Gasteiger partial charge in [0.25, 0.3) is 0 Å². The number of nitrogens with zero attached hydrogens (tertiary/aromatic N) is 2. The summed E-state index contributed by atoms with van der Waals surface area (Å²) in [5.74, 6) is 0.578. The number of halogens is 2. The molecule has 0 amide bonds. The van der Waals surface area contributed by atoms with Crippen molar-refractivity contribution >= 4 is 11.6 Å². The molecule has 1 heterocycles. The highest BCUT2D eigenvalue weighted by Crippen LogP contribution is 2.15. The number of benzene rings is 1. The number of nitrogens with one attached hydrogen (secondary N) is 1. The van der Waals surface area contributed by atoms with Crippen LogP contribution in [0, 0.1) is 5.82 Å². The third-order valence-electron chi connectivity index (χ3n) is 2.35. The second-order valence-corrected chi connectivity index (χ2v) is 4.42. The molecule has 0 aliphatic heterocycles. The largest absolute Gasteiger partial charge is 0.348 e. The first-order valence-electron chi connectivity index (χ1n) is 5.25. The Balaban J connectivity index is 2.00. The molecule has 17 heavy (non-hydrogen) atoms. The van der Waals surface area contributed by atoms with Crippen LogP contribution < -0.4 is 0 Å². The molecule has 0 spiro atoms. The molecule has 2 rings (SSSR count). The molecule has 0 atom stereocenters. The van der Waals surface area contributed by atoms with Crippen molar-refractivity contribution in [3.63, 3.8) is 0 Å². The van der Waals surface area contributed by atoms with Gasteiger partial charge in [-0.2, -0.15) is 0 Å². The first kappa shape index (κ1) is 12.1. The molecule has 0 fully saturated rings. The van der Waals surface area contributed by atoms with Gasteiger partial charge in [0.15, 0.2) is 0 Å². The SMILES string of the molecule is CN(Cc1cc(F)cc(Cl)c1)Cc1ncc[nH]1. The maximum Gasteiger partial charge on any atom is 0.125 e.